The number of aryl methyl sites for hydroxylation is 1. The molecule has 4 aromatic rings. The van der Waals surface area contributed by atoms with Crippen molar-refractivity contribution in [3.63, 3.8) is 0 Å². The third kappa shape index (κ3) is 4.19. The zero-order valence-electron chi connectivity index (χ0n) is 19.4. The molecule has 1 saturated heterocycles. The molecule has 34 heavy (non-hydrogen) atoms. The van der Waals surface area contributed by atoms with E-state index in [9.17, 15) is 9.18 Å². The van der Waals surface area contributed by atoms with Crippen LogP contribution >= 0.6 is 0 Å². The molecule has 6 heteroatoms. The van der Waals surface area contributed by atoms with E-state index >= 15 is 0 Å². The molecular formula is C28H27FN4O. The molecule has 0 atom stereocenters. The molecule has 0 amide bonds. The molecule has 172 valence electrons. The van der Waals surface area contributed by atoms with Crippen molar-refractivity contribution in [1.82, 2.24) is 9.55 Å². The Morgan fingerprint density at radius 2 is 1.56 bits per heavy atom. The van der Waals surface area contributed by atoms with Crippen molar-refractivity contribution < 1.29 is 9.18 Å². The van der Waals surface area contributed by atoms with Crippen molar-refractivity contribution in [2.45, 2.75) is 6.92 Å². The van der Waals surface area contributed by atoms with E-state index in [4.69, 9.17) is 0 Å². The standard InChI is InChI=1S/C28H27FN4O/c1-20(34)23-4-3-5-25(18-23)32-14-16-33(17-15-32)28-27(22-10-12-30-13-11-22)26(19-31(28)2)21-6-8-24(29)9-7-21/h3-13,18-19H,14-17H2,1-2H3. The number of Topliss-reactive ketones (excluding diaryl/α,β-unsaturated/α-hetero) is 1. The Morgan fingerprint density at radius 3 is 2.24 bits per heavy atom. The van der Waals surface area contributed by atoms with Crippen LogP contribution in [0.2, 0.25) is 0 Å². The summed E-state index contributed by atoms with van der Waals surface area (Å²) >= 11 is 0. The molecule has 0 radical (unpaired) electrons. The van der Waals surface area contributed by atoms with Gasteiger partial charge in [-0.3, -0.25) is 9.78 Å². The lowest BCUT2D eigenvalue weighted by atomic mass is 9.98. The van der Waals surface area contributed by atoms with Gasteiger partial charge in [0, 0.05) is 74.2 Å². The van der Waals surface area contributed by atoms with Crippen LogP contribution in [0.3, 0.4) is 0 Å². The maximum atomic E-state index is 13.6. The fourth-order valence-corrected chi connectivity index (χ4v) is 4.75. The maximum absolute atomic E-state index is 13.6. The Morgan fingerprint density at radius 1 is 0.882 bits per heavy atom. The van der Waals surface area contributed by atoms with Gasteiger partial charge in [-0.05, 0) is 54.4 Å². The van der Waals surface area contributed by atoms with E-state index in [1.165, 1.54) is 12.1 Å². The van der Waals surface area contributed by atoms with E-state index in [1.54, 1.807) is 19.3 Å². The molecule has 0 aliphatic carbocycles. The SMILES string of the molecule is CC(=O)c1cccc(N2CCN(c3c(-c4ccncc4)c(-c4ccc(F)cc4)cn3C)CC2)c1. The van der Waals surface area contributed by atoms with Gasteiger partial charge in [0.15, 0.2) is 5.78 Å². The minimum Gasteiger partial charge on any atom is -0.368 e. The van der Waals surface area contributed by atoms with Crippen LogP contribution < -0.4 is 9.80 Å². The Bertz CT molecular complexity index is 1310. The number of piperazine rings is 1. The monoisotopic (exact) mass is 454 g/mol. The highest BCUT2D eigenvalue weighted by Crippen LogP contribution is 2.41. The van der Waals surface area contributed by atoms with Crippen LogP contribution in [0.1, 0.15) is 17.3 Å². The van der Waals surface area contributed by atoms with Crippen molar-refractivity contribution in [3.05, 3.63) is 90.6 Å². The van der Waals surface area contributed by atoms with E-state index in [-0.39, 0.29) is 11.6 Å². The largest absolute Gasteiger partial charge is 0.368 e. The molecule has 2 aromatic heterocycles. The average molecular weight is 455 g/mol. The topological polar surface area (TPSA) is 41.4 Å². The molecule has 0 N–H and O–H groups in total. The summed E-state index contributed by atoms with van der Waals surface area (Å²) in [6.45, 7) is 5.01. The first-order valence-electron chi connectivity index (χ1n) is 11.5. The predicted molar refractivity (Wildman–Crippen MR) is 135 cm³/mol. The number of carbonyl (C=O) groups excluding carboxylic acids is 1. The van der Waals surface area contributed by atoms with E-state index in [1.807, 2.05) is 42.5 Å². The second-order valence-corrected chi connectivity index (χ2v) is 8.68. The van der Waals surface area contributed by atoms with E-state index in [0.717, 1.165) is 65.5 Å². The van der Waals surface area contributed by atoms with Gasteiger partial charge in [-0.2, -0.15) is 0 Å². The Hall–Kier alpha value is -3.93. The lowest BCUT2D eigenvalue weighted by Crippen LogP contribution is -2.47. The lowest BCUT2D eigenvalue weighted by Gasteiger charge is -2.38. The molecule has 1 fully saturated rings. The highest BCUT2D eigenvalue weighted by Gasteiger charge is 2.25. The second kappa shape index (κ2) is 9.14. The zero-order valence-corrected chi connectivity index (χ0v) is 19.4. The minimum atomic E-state index is -0.240. The molecule has 0 spiro atoms. The Labute approximate surface area is 199 Å². The fraction of sp³-hybridized carbons (Fsp3) is 0.214. The van der Waals surface area contributed by atoms with Crippen molar-refractivity contribution in [2.75, 3.05) is 36.0 Å². The number of hydrogen-bond acceptors (Lipinski definition) is 4. The summed E-state index contributed by atoms with van der Waals surface area (Å²) in [5.41, 5.74) is 6.09. The zero-order chi connectivity index (χ0) is 23.7. The van der Waals surface area contributed by atoms with Crippen LogP contribution in [0.5, 0.6) is 0 Å². The van der Waals surface area contributed by atoms with Gasteiger partial charge >= 0.3 is 0 Å². The van der Waals surface area contributed by atoms with Crippen molar-refractivity contribution in [2.24, 2.45) is 7.05 Å². The summed E-state index contributed by atoms with van der Waals surface area (Å²) in [4.78, 5) is 20.7. The molecule has 3 heterocycles. The summed E-state index contributed by atoms with van der Waals surface area (Å²) in [5.74, 6) is 0.984. The molecule has 1 aliphatic rings. The van der Waals surface area contributed by atoms with Gasteiger partial charge in [0.25, 0.3) is 0 Å². The van der Waals surface area contributed by atoms with E-state index in [2.05, 4.69) is 38.7 Å². The number of benzene rings is 2. The number of aromatic nitrogens is 2. The highest BCUT2D eigenvalue weighted by atomic mass is 19.1. The third-order valence-corrected chi connectivity index (χ3v) is 6.47. The van der Waals surface area contributed by atoms with Gasteiger partial charge in [-0.15, -0.1) is 0 Å². The van der Waals surface area contributed by atoms with Crippen LogP contribution in [0.15, 0.2) is 79.3 Å². The molecule has 0 unspecified atom stereocenters. The van der Waals surface area contributed by atoms with Gasteiger partial charge in [-0.1, -0.05) is 24.3 Å². The quantitative estimate of drug-likeness (QED) is 0.378. The van der Waals surface area contributed by atoms with Crippen molar-refractivity contribution in [3.8, 4) is 22.3 Å². The van der Waals surface area contributed by atoms with Crippen molar-refractivity contribution in [1.29, 1.82) is 0 Å². The first-order valence-corrected chi connectivity index (χ1v) is 11.5. The number of nitrogens with zero attached hydrogens (tertiary/aromatic N) is 4. The van der Waals surface area contributed by atoms with Gasteiger partial charge in [0.2, 0.25) is 0 Å². The smallest absolute Gasteiger partial charge is 0.159 e. The summed E-state index contributed by atoms with van der Waals surface area (Å²) < 4.78 is 15.8. The number of pyridine rings is 1. The molecule has 0 saturated carbocycles. The molecule has 5 nitrogen and oxygen atoms in total. The average Bonchev–Trinajstić information content (AvgIpc) is 3.22. The molecule has 2 aromatic carbocycles. The second-order valence-electron chi connectivity index (χ2n) is 8.68. The fourth-order valence-electron chi connectivity index (χ4n) is 4.75. The summed E-state index contributed by atoms with van der Waals surface area (Å²) in [7, 11) is 2.07. The number of hydrogen-bond donors (Lipinski definition) is 0. The maximum Gasteiger partial charge on any atom is 0.159 e. The predicted octanol–water partition coefficient (Wildman–Crippen LogP) is 5.42. The third-order valence-electron chi connectivity index (χ3n) is 6.47. The first kappa shape index (κ1) is 21.9. The van der Waals surface area contributed by atoms with Crippen LogP contribution in [0.4, 0.5) is 15.9 Å². The number of rotatable bonds is 5. The number of halogens is 1. The van der Waals surface area contributed by atoms with Gasteiger partial charge < -0.3 is 14.4 Å². The molecule has 0 bridgehead atoms. The molecule has 1 aliphatic heterocycles. The summed E-state index contributed by atoms with van der Waals surface area (Å²) in [5, 5.41) is 0. The first-order chi connectivity index (χ1) is 16.5. The molecular weight excluding hydrogens is 427 g/mol. The Kier molecular flexibility index (Phi) is 5.88. The van der Waals surface area contributed by atoms with Crippen molar-refractivity contribution >= 4 is 17.3 Å². The molecule has 5 rings (SSSR count). The van der Waals surface area contributed by atoms with E-state index in [0.29, 0.717) is 0 Å². The minimum absolute atomic E-state index is 0.0830. The lowest BCUT2D eigenvalue weighted by molar-refractivity contribution is 0.101. The normalized spacial score (nSPS) is 13.9. The summed E-state index contributed by atoms with van der Waals surface area (Å²) in [6.07, 6.45) is 5.74. The number of anilines is 2. The number of carbonyl (C=O) groups is 1. The van der Waals surface area contributed by atoms with Crippen LogP contribution in [0, 0.1) is 5.82 Å². The number of ketones is 1. The van der Waals surface area contributed by atoms with Crippen LogP contribution in [-0.4, -0.2) is 41.5 Å². The van der Waals surface area contributed by atoms with Gasteiger partial charge in [-0.25, -0.2) is 4.39 Å². The highest BCUT2D eigenvalue weighted by molar-refractivity contribution is 5.95. The van der Waals surface area contributed by atoms with Crippen LogP contribution in [-0.2, 0) is 7.05 Å². The van der Waals surface area contributed by atoms with E-state index < -0.39 is 0 Å². The van der Waals surface area contributed by atoms with Gasteiger partial charge in [0.05, 0.1) is 0 Å². The Balaban J connectivity index is 1.48. The summed E-state index contributed by atoms with van der Waals surface area (Å²) in [6, 6.07) is 18.6. The van der Waals surface area contributed by atoms with Gasteiger partial charge in [0.1, 0.15) is 11.6 Å². The van der Waals surface area contributed by atoms with Crippen LogP contribution in [0.25, 0.3) is 22.3 Å².